The molecular weight excluding hydrogens is 504 g/mol. The zero-order valence-corrected chi connectivity index (χ0v) is 24.5. The van der Waals surface area contributed by atoms with Crippen LogP contribution in [0.1, 0.15) is 32.8 Å². The Hall–Kier alpha value is -4.21. The van der Waals surface area contributed by atoms with E-state index in [9.17, 15) is 0 Å². The van der Waals surface area contributed by atoms with Crippen LogP contribution >= 0.6 is 10.0 Å². The van der Waals surface area contributed by atoms with Crippen molar-refractivity contribution in [2.75, 3.05) is 5.75 Å². The number of aromatic nitrogens is 2. The first kappa shape index (κ1) is 28.8. The van der Waals surface area contributed by atoms with Gasteiger partial charge in [0.2, 0.25) is 0 Å². The number of rotatable bonds is 9. The molecule has 0 saturated carbocycles. The molecule has 0 radical (unpaired) electrons. The molecule has 2 nitrogen and oxygen atoms in total. The van der Waals surface area contributed by atoms with Crippen molar-refractivity contribution in [1.82, 2.24) is 9.97 Å². The Morgan fingerprint density at radius 1 is 0.625 bits per heavy atom. The van der Waals surface area contributed by atoms with Gasteiger partial charge < -0.3 is 0 Å². The first-order valence-electron chi connectivity index (χ1n) is 14.0. The van der Waals surface area contributed by atoms with E-state index in [1.165, 1.54) is 25.8 Å². The molecule has 2 aromatic heterocycles. The lowest BCUT2D eigenvalue weighted by Gasteiger charge is -2.41. The molecule has 0 bridgehead atoms. The van der Waals surface area contributed by atoms with Crippen molar-refractivity contribution in [2.45, 2.75) is 41.9 Å². The van der Waals surface area contributed by atoms with Crippen LogP contribution in [0.25, 0.3) is 16.7 Å². The molecule has 0 aliphatic rings. The van der Waals surface area contributed by atoms with Crippen LogP contribution in [0, 0.1) is 0 Å². The summed E-state index contributed by atoms with van der Waals surface area (Å²) in [5.41, 5.74) is 4.66. The molecule has 0 saturated heterocycles. The zero-order chi connectivity index (χ0) is 28.0. The molecule has 3 heteroatoms. The first-order valence-corrected chi connectivity index (χ1v) is 15.8. The number of hydrogen-bond acceptors (Lipinski definition) is 2. The zero-order valence-electron chi connectivity index (χ0n) is 23.7. The van der Waals surface area contributed by atoms with Gasteiger partial charge in [-0.1, -0.05) is 99.7 Å². The van der Waals surface area contributed by atoms with Gasteiger partial charge in [-0.3, -0.25) is 9.97 Å². The fourth-order valence-electron chi connectivity index (χ4n) is 4.77. The lowest BCUT2D eigenvalue weighted by atomic mass is 10.1. The molecule has 202 valence electrons. The molecule has 0 aliphatic carbocycles. The van der Waals surface area contributed by atoms with Crippen LogP contribution in [-0.4, -0.2) is 15.7 Å². The van der Waals surface area contributed by atoms with Crippen LogP contribution in [0.4, 0.5) is 0 Å². The number of benzene rings is 3. The van der Waals surface area contributed by atoms with Crippen molar-refractivity contribution in [1.29, 1.82) is 0 Å². The molecule has 0 N–H and O–H groups in total. The van der Waals surface area contributed by atoms with E-state index < -0.39 is 10.0 Å². The Morgan fingerprint density at radius 3 is 1.73 bits per heavy atom. The van der Waals surface area contributed by atoms with Crippen LogP contribution in [0.5, 0.6) is 0 Å². The molecule has 0 spiro atoms. The maximum absolute atomic E-state index is 4.35. The summed E-state index contributed by atoms with van der Waals surface area (Å²) in [5.74, 6) is 0.897. The van der Waals surface area contributed by atoms with Crippen molar-refractivity contribution in [3.8, 4) is 11.1 Å². The van der Waals surface area contributed by atoms with Gasteiger partial charge in [-0.05, 0) is 91.9 Å². The van der Waals surface area contributed by atoms with Crippen LogP contribution in [0.3, 0.4) is 0 Å². The normalized spacial score (nSPS) is 12.0. The van der Waals surface area contributed by atoms with Crippen molar-refractivity contribution >= 4 is 15.6 Å². The Bertz CT molecular complexity index is 1440. The summed E-state index contributed by atoms with van der Waals surface area (Å²) in [7, 11) is -1.57. The second kappa shape index (κ2) is 14.8. The highest BCUT2D eigenvalue weighted by atomic mass is 32.3. The number of nitrogens with zero attached hydrogens (tertiary/aromatic N) is 2. The Kier molecular flexibility index (Phi) is 10.7. The summed E-state index contributed by atoms with van der Waals surface area (Å²) >= 11 is 0. The van der Waals surface area contributed by atoms with Crippen molar-refractivity contribution in [3.63, 3.8) is 0 Å². The lowest BCUT2D eigenvalue weighted by molar-refractivity contribution is 1.22. The van der Waals surface area contributed by atoms with E-state index in [4.69, 9.17) is 0 Å². The quantitative estimate of drug-likeness (QED) is 0.173. The molecular formula is C37H38N2S. The predicted octanol–water partition coefficient (Wildman–Crippen LogP) is 10.5. The lowest BCUT2D eigenvalue weighted by Crippen LogP contribution is -2.07. The molecule has 0 atom stereocenters. The fraction of sp³-hybridized carbons (Fsp3) is 0.135. The van der Waals surface area contributed by atoms with Gasteiger partial charge in [0.15, 0.2) is 0 Å². The molecule has 0 fully saturated rings. The summed E-state index contributed by atoms with van der Waals surface area (Å²) in [6.07, 6.45) is 15.4. The van der Waals surface area contributed by atoms with Gasteiger partial charge in [0.1, 0.15) is 0 Å². The topological polar surface area (TPSA) is 25.8 Å². The maximum atomic E-state index is 4.35. The van der Waals surface area contributed by atoms with E-state index in [1.54, 1.807) is 0 Å². The minimum atomic E-state index is -1.57. The van der Waals surface area contributed by atoms with E-state index in [0.717, 1.165) is 23.3 Å². The SMILES string of the molecule is CC.CC/C=C(\C=C/CS(c1ccccc1)(c1ccccc1)c1ccc(-c2cccnc2)cc1)c1cccnc1. The summed E-state index contributed by atoms with van der Waals surface area (Å²) in [5, 5.41) is 0. The van der Waals surface area contributed by atoms with Gasteiger partial charge in [0.25, 0.3) is 0 Å². The molecule has 0 unspecified atom stereocenters. The molecule has 0 aliphatic heterocycles. The van der Waals surface area contributed by atoms with E-state index >= 15 is 0 Å². The van der Waals surface area contributed by atoms with Crippen molar-refractivity contribution in [2.24, 2.45) is 0 Å². The van der Waals surface area contributed by atoms with E-state index in [1.807, 2.05) is 50.8 Å². The second-order valence-corrected chi connectivity index (χ2v) is 12.2. The predicted molar refractivity (Wildman–Crippen MR) is 173 cm³/mol. The highest BCUT2D eigenvalue weighted by Gasteiger charge is 2.30. The van der Waals surface area contributed by atoms with E-state index in [0.29, 0.717) is 0 Å². The number of hydrogen-bond donors (Lipinski definition) is 0. The van der Waals surface area contributed by atoms with Crippen LogP contribution in [-0.2, 0) is 0 Å². The smallest absolute Gasteiger partial charge is 0.0346 e. The van der Waals surface area contributed by atoms with Gasteiger partial charge >= 0.3 is 0 Å². The summed E-state index contributed by atoms with van der Waals surface area (Å²) in [6.45, 7) is 6.18. The highest BCUT2D eigenvalue weighted by Crippen LogP contribution is 2.68. The molecule has 3 aromatic carbocycles. The second-order valence-electron chi connectivity index (χ2n) is 9.01. The highest BCUT2D eigenvalue weighted by molar-refractivity contribution is 8.34. The third kappa shape index (κ3) is 6.67. The van der Waals surface area contributed by atoms with Crippen molar-refractivity contribution in [3.05, 3.63) is 158 Å². The van der Waals surface area contributed by atoms with Gasteiger partial charge in [-0.2, -0.15) is 10.0 Å². The third-order valence-corrected chi connectivity index (χ3v) is 10.5. The van der Waals surface area contributed by atoms with Crippen LogP contribution < -0.4 is 0 Å². The third-order valence-electron chi connectivity index (χ3n) is 6.61. The summed E-state index contributed by atoms with van der Waals surface area (Å²) in [6, 6.07) is 39.3. The van der Waals surface area contributed by atoms with Crippen molar-refractivity contribution < 1.29 is 0 Å². The van der Waals surface area contributed by atoms with Crippen LogP contribution in [0.2, 0.25) is 0 Å². The van der Waals surface area contributed by atoms with E-state index in [2.05, 4.69) is 132 Å². The average molecular weight is 543 g/mol. The Balaban J connectivity index is 0.00000181. The van der Waals surface area contributed by atoms with E-state index in [-0.39, 0.29) is 0 Å². The largest absolute Gasteiger partial charge is 0.264 e. The molecule has 2 heterocycles. The van der Waals surface area contributed by atoms with Gasteiger partial charge in [-0.15, -0.1) is 0 Å². The minimum Gasteiger partial charge on any atom is -0.264 e. The standard InChI is InChI=1S/C35H32N2S.C2H6/c1-2-12-29(31-13-9-24-36-27-31)15-11-26-38(33-16-5-3-6-17-33,34-18-7-4-8-19-34)35-22-20-30(21-23-35)32-14-10-25-37-28-32;1-2/h3-25,27-28H,2,26H2,1H3;1-2H3/b15-11-,29-12+;. The Morgan fingerprint density at radius 2 is 1.20 bits per heavy atom. The molecule has 0 amide bonds. The number of allylic oxidation sites excluding steroid dienone is 3. The summed E-state index contributed by atoms with van der Waals surface area (Å²) in [4.78, 5) is 12.7. The minimum absolute atomic E-state index is 0.897. The van der Waals surface area contributed by atoms with Gasteiger partial charge in [0, 0.05) is 30.5 Å². The number of pyridine rings is 2. The first-order chi connectivity index (χ1) is 19.8. The average Bonchev–Trinajstić information content (AvgIpc) is 3.05. The molecule has 5 rings (SSSR count). The Labute approximate surface area is 241 Å². The molecule has 40 heavy (non-hydrogen) atoms. The monoisotopic (exact) mass is 542 g/mol. The fourth-order valence-corrected chi connectivity index (χ4v) is 8.39. The van der Waals surface area contributed by atoms with Crippen LogP contribution in [0.15, 0.2) is 167 Å². The maximum Gasteiger partial charge on any atom is 0.0346 e. The summed E-state index contributed by atoms with van der Waals surface area (Å²) < 4.78 is 0. The van der Waals surface area contributed by atoms with Gasteiger partial charge in [-0.25, -0.2) is 0 Å². The van der Waals surface area contributed by atoms with Gasteiger partial charge in [0.05, 0.1) is 0 Å². The molecule has 5 aromatic rings.